The lowest BCUT2D eigenvalue weighted by atomic mass is 10.2. The molecule has 2 aromatic heterocycles. The van der Waals surface area contributed by atoms with Crippen molar-refractivity contribution in [3.8, 4) is 0 Å². The number of likely N-dealkylation sites (tertiary alicyclic amines) is 1. The number of anilines is 3. The monoisotopic (exact) mass is 383 g/mol. The highest BCUT2D eigenvalue weighted by molar-refractivity contribution is 6.32. The number of likely N-dealkylation sites (N-methyl/N-ethyl adjacent to an activating group) is 1. The fourth-order valence-electron chi connectivity index (χ4n) is 3.19. The molecule has 8 heteroatoms. The van der Waals surface area contributed by atoms with Gasteiger partial charge in [0.05, 0.1) is 24.1 Å². The van der Waals surface area contributed by atoms with Crippen molar-refractivity contribution in [3.05, 3.63) is 59.5 Å². The second kappa shape index (κ2) is 7.94. The van der Waals surface area contributed by atoms with Crippen molar-refractivity contribution in [2.24, 2.45) is 0 Å². The summed E-state index contributed by atoms with van der Waals surface area (Å²) in [5.41, 5.74) is 2.02. The van der Waals surface area contributed by atoms with Gasteiger partial charge in [0.2, 0.25) is 5.95 Å². The van der Waals surface area contributed by atoms with E-state index in [-0.39, 0.29) is 0 Å². The fourth-order valence-corrected chi connectivity index (χ4v) is 3.35. The van der Waals surface area contributed by atoms with Crippen LogP contribution in [0.5, 0.6) is 0 Å². The minimum absolute atomic E-state index is 0.416. The molecular formula is C19H22ClN7. The largest absolute Gasteiger partial charge is 0.365 e. The van der Waals surface area contributed by atoms with Gasteiger partial charge in [0.15, 0.2) is 5.82 Å². The van der Waals surface area contributed by atoms with Crippen molar-refractivity contribution in [1.82, 2.24) is 24.6 Å². The molecule has 0 amide bonds. The Labute approximate surface area is 163 Å². The average molecular weight is 384 g/mol. The third kappa shape index (κ3) is 4.37. The maximum Gasteiger partial charge on any atom is 0.229 e. The first kappa shape index (κ1) is 17.8. The van der Waals surface area contributed by atoms with Gasteiger partial charge in [-0.1, -0.05) is 41.9 Å². The van der Waals surface area contributed by atoms with E-state index in [9.17, 15) is 0 Å². The van der Waals surface area contributed by atoms with Crippen LogP contribution < -0.4 is 10.6 Å². The van der Waals surface area contributed by atoms with Gasteiger partial charge in [0, 0.05) is 19.3 Å². The predicted octanol–water partition coefficient (Wildman–Crippen LogP) is 3.56. The van der Waals surface area contributed by atoms with E-state index < -0.39 is 0 Å². The molecule has 3 heterocycles. The fraction of sp³-hybridized carbons (Fsp3) is 0.316. The Morgan fingerprint density at radius 3 is 2.85 bits per heavy atom. The maximum absolute atomic E-state index is 6.23. The van der Waals surface area contributed by atoms with Gasteiger partial charge in [-0.3, -0.25) is 4.68 Å². The van der Waals surface area contributed by atoms with E-state index in [1.54, 1.807) is 12.4 Å². The van der Waals surface area contributed by atoms with Gasteiger partial charge < -0.3 is 15.5 Å². The Kier molecular flexibility index (Phi) is 5.22. The molecule has 1 aromatic carbocycles. The lowest BCUT2D eigenvalue weighted by Gasteiger charge is -2.11. The van der Waals surface area contributed by atoms with Gasteiger partial charge in [-0.2, -0.15) is 10.1 Å². The third-order valence-corrected chi connectivity index (χ3v) is 4.92. The van der Waals surface area contributed by atoms with Crippen molar-refractivity contribution < 1.29 is 0 Å². The van der Waals surface area contributed by atoms with Gasteiger partial charge in [-0.05, 0) is 25.6 Å². The smallest absolute Gasteiger partial charge is 0.229 e. The maximum atomic E-state index is 6.23. The van der Waals surface area contributed by atoms with Crippen LogP contribution in [0.4, 0.5) is 17.5 Å². The van der Waals surface area contributed by atoms with Gasteiger partial charge in [-0.25, -0.2) is 4.98 Å². The summed E-state index contributed by atoms with van der Waals surface area (Å²) in [5, 5.41) is 11.4. The van der Waals surface area contributed by atoms with Crippen LogP contribution >= 0.6 is 11.6 Å². The van der Waals surface area contributed by atoms with E-state index in [0.29, 0.717) is 29.4 Å². The molecule has 0 aliphatic carbocycles. The zero-order chi connectivity index (χ0) is 18.6. The summed E-state index contributed by atoms with van der Waals surface area (Å²) in [4.78, 5) is 11.1. The zero-order valence-corrected chi connectivity index (χ0v) is 15.9. The number of hydrogen-bond donors (Lipinski definition) is 2. The second-order valence-electron chi connectivity index (χ2n) is 6.77. The molecule has 2 N–H and O–H groups in total. The van der Waals surface area contributed by atoms with Gasteiger partial charge in [0.1, 0.15) is 5.02 Å². The number of hydrogen-bond acceptors (Lipinski definition) is 6. The molecule has 7 nitrogen and oxygen atoms in total. The van der Waals surface area contributed by atoms with Crippen LogP contribution in [0.25, 0.3) is 0 Å². The van der Waals surface area contributed by atoms with E-state index in [1.807, 2.05) is 29.1 Å². The molecule has 4 rings (SSSR count). The molecule has 3 aromatic rings. The quantitative estimate of drug-likeness (QED) is 0.678. The average Bonchev–Trinajstić information content (AvgIpc) is 3.32. The number of benzene rings is 1. The standard InChI is InChI=1S/C19H22ClN7/c1-26-8-7-16(13-26)27-12-15(10-23-27)24-19-22-11-17(20)18(25-19)21-9-14-5-3-2-4-6-14/h2-6,10-12,16H,7-9,13H2,1H3,(H2,21,22,24,25). The predicted molar refractivity (Wildman–Crippen MR) is 107 cm³/mol. The van der Waals surface area contributed by atoms with Crippen molar-refractivity contribution in [3.63, 3.8) is 0 Å². The first-order valence-corrected chi connectivity index (χ1v) is 9.35. The van der Waals surface area contributed by atoms with Crippen LogP contribution in [0.15, 0.2) is 48.9 Å². The van der Waals surface area contributed by atoms with Crippen molar-refractivity contribution in [2.75, 3.05) is 30.8 Å². The van der Waals surface area contributed by atoms with Gasteiger partial charge in [-0.15, -0.1) is 0 Å². The molecule has 27 heavy (non-hydrogen) atoms. The summed E-state index contributed by atoms with van der Waals surface area (Å²) < 4.78 is 2.01. The number of nitrogens with one attached hydrogen (secondary N) is 2. The highest BCUT2D eigenvalue weighted by Crippen LogP contribution is 2.24. The summed E-state index contributed by atoms with van der Waals surface area (Å²) in [7, 11) is 2.13. The first-order valence-electron chi connectivity index (χ1n) is 8.97. The SMILES string of the molecule is CN1CCC(n2cc(Nc3ncc(Cl)c(NCc4ccccc4)n3)cn2)C1. The molecule has 1 saturated heterocycles. The molecule has 140 valence electrons. The van der Waals surface area contributed by atoms with Crippen molar-refractivity contribution >= 4 is 29.1 Å². The Bertz CT molecular complexity index is 896. The molecule has 0 bridgehead atoms. The highest BCUT2D eigenvalue weighted by Gasteiger charge is 2.21. The minimum Gasteiger partial charge on any atom is -0.365 e. The van der Waals surface area contributed by atoms with Crippen LogP contribution in [-0.2, 0) is 6.54 Å². The van der Waals surface area contributed by atoms with Gasteiger partial charge >= 0.3 is 0 Å². The number of nitrogens with zero attached hydrogens (tertiary/aromatic N) is 5. The molecular weight excluding hydrogens is 362 g/mol. The summed E-state index contributed by atoms with van der Waals surface area (Å²) in [6.45, 7) is 2.76. The van der Waals surface area contributed by atoms with E-state index in [4.69, 9.17) is 11.6 Å². The molecule has 1 fully saturated rings. The summed E-state index contributed by atoms with van der Waals surface area (Å²) >= 11 is 6.23. The molecule has 1 atom stereocenters. The third-order valence-electron chi connectivity index (χ3n) is 4.65. The molecule has 1 aliphatic heterocycles. The lowest BCUT2D eigenvalue weighted by molar-refractivity contribution is 0.382. The van der Waals surface area contributed by atoms with Crippen molar-refractivity contribution in [2.45, 2.75) is 19.0 Å². The molecule has 1 aliphatic rings. The summed E-state index contributed by atoms with van der Waals surface area (Å²) in [6.07, 6.45) is 6.51. The lowest BCUT2D eigenvalue weighted by Crippen LogP contribution is -2.16. The van der Waals surface area contributed by atoms with Crippen LogP contribution in [0.2, 0.25) is 5.02 Å². The Morgan fingerprint density at radius 2 is 2.07 bits per heavy atom. The van der Waals surface area contributed by atoms with Crippen LogP contribution in [0.1, 0.15) is 18.0 Å². The Balaban J connectivity index is 1.43. The minimum atomic E-state index is 0.416. The normalized spacial score (nSPS) is 17.2. The number of aromatic nitrogens is 4. The van der Waals surface area contributed by atoms with E-state index in [0.717, 1.165) is 30.8 Å². The molecule has 0 saturated carbocycles. The highest BCUT2D eigenvalue weighted by atomic mass is 35.5. The van der Waals surface area contributed by atoms with E-state index >= 15 is 0 Å². The summed E-state index contributed by atoms with van der Waals surface area (Å²) in [6, 6.07) is 10.5. The zero-order valence-electron chi connectivity index (χ0n) is 15.1. The van der Waals surface area contributed by atoms with Crippen LogP contribution in [-0.4, -0.2) is 44.8 Å². The van der Waals surface area contributed by atoms with Crippen molar-refractivity contribution in [1.29, 1.82) is 0 Å². The number of halogens is 1. The van der Waals surface area contributed by atoms with E-state index in [2.05, 4.69) is 49.8 Å². The molecule has 0 spiro atoms. The first-order chi connectivity index (χ1) is 13.2. The topological polar surface area (TPSA) is 70.9 Å². The Morgan fingerprint density at radius 1 is 1.22 bits per heavy atom. The summed E-state index contributed by atoms with van der Waals surface area (Å²) in [5.74, 6) is 1.08. The van der Waals surface area contributed by atoms with Gasteiger partial charge in [0.25, 0.3) is 0 Å². The second-order valence-corrected chi connectivity index (χ2v) is 7.18. The van der Waals surface area contributed by atoms with E-state index in [1.165, 1.54) is 0 Å². The number of rotatable bonds is 6. The molecule has 0 radical (unpaired) electrons. The molecule has 1 unspecified atom stereocenters. The van der Waals surface area contributed by atoms with Crippen LogP contribution in [0.3, 0.4) is 0 Å². The van der Waals surface area contributed by atoms with Crippen LogP contribution in [0, 0.1) is 0 Å². The Hall–Kier alpha value is -2.64.